The summed E-state index contributed by atoms with van der Waals surface area (Å²) in [5.41, 5.74) is 0.358. The number of para-hydroxylation sites is 2. The minimum Gasteiger partial charge on any atom is -0.478 e. The summed E-state index contributed by atoms with van der Waals surface area (Å²) in [4.78, 5) is 41.6. The lowest BCUT2D eigenvalue weighted by atomic mass is 10.1. The Morgan fingerprint density at radius 1 is 0.974 bits per heavy atom. The number of nitrogens with zero attached hydrogens (tertiary/aromatic N) is 4. The molecular weight excluding hydrogens is 537 g/mol. The number of fused-ring (bicyclic) bond motifs is 2. The maximum Gasteiger partial charge on any atom is 0.417 e. The fourth-order valence-corrected chi connectivity index (χ4v) is 4.12. The molecule has 2 aromatic heterocycles. The molecule has 0 bridgehead atoms. The average molecular weight is 553 g/mol. The molecule has 196 valence electrons. The highest BCUT2D eigenvalue weighted by Gasteiger charge is 2.33. The average Bonchev–Trinajstić information content (AvgIpc) is 2.91. The van der Waals surface area contributed by atoms with Crippen LogP contribution in [0.3, 0.4) is 0 Å². The SMILES string of the molecule is O=C(Nc1cc(C(=O)O)c2ncnc(NCc3ccc(Cl)c(C(F)(F)F)c3)c2c1)c1cnc2ccccc2n1. The predicted molar refractivity (Wildman–Crippen MR) is 138 cm³/mol. The second kappa shape index (κ2) is 10.1. The number of rotatable bonds is 6. The highest BCUT2D eigenvalue weighted by molar-refractivity contribution is 6.31. The molecule has 1 amide bonds. The van der Waals surface area contributed by atoms with Crippen molar-refractivity contribution in [3.63, 3.8) is 0 Å². The number of aromatic nitrogens is 4. The minimum atomic E-state index is -4.63. The van der Waals surface area contributed by atoms with Gasteiger partial charge < -0.3 is 15.7 Å². The highest BCUT2D eigenvalue weighted by Crippen LogP contribution is 2.35. The van der Waals surface area contributed by atoms with E-state index in [4.69, 9.17) is 11.6 Å². The summed E-state index contributed by atoms with van der Waals surface area (Å²) in [6.45, 7) is -0.0853. The van der Waals surface area contributed by atoms with Gasteiger partial charge in [-0.3, -0.25) is 9.78 Å². The number of carboxylic acid groups (broad SMARTS) is 1. The molecule has 3 N–H and O–H groups in total. The van der Waals surface area contributed by atoms with Crippen LogP contribution in [0.2, 0.25) is 5.02 Å². The Morgan fingerprint density at radius 2 is 1.74 bits per heavy atom. The molecule has 3 aromatic carbocycles. The van der Waals surface area contributed by atoms with Gasteiger partial charge in [-0.05, 0) is 42.0 Å². The zero-order valence-electron chi connectivity index (χ0n) is 19.6. The lowest BCUT2D eigenvalue weighted by Gasteiger charge is -2.14. The Labute approximate surface area is 222 Å². The molecule has 5 rings (SSSR count). The highest BCUT2D eigenvalue weighted by atomic mass is 35.5. The van der Waals surface area contributed by atoms with Gasteiger partial charge in [0, 0.05) is 17.6 Å². The topological polar surface area (TPSA) is 130 Å². The van der Waals surface area contributed by atoms with Crippen LogP contribution in [-0.4, -0.2) is 36.9 Å². The molecule has 0 aliphatic heterocycles. The first-order valence-corrected chi connectivity index (χ1v) is 11.6. The van der Waals surface area contributed by atoms with Crippen molar-refractivity contribution in [2.24, 2.45) is 0 Å². The van der Waals surface area contributed by atoms with Gasteiger partial charge in [0.1, 0.15) is 17.8 Å². The Bertz CT molecular complexity index is 1760. The number of amides is 1. The van der Waals surface area contributed by atoms with E-state index in [0.29, 0.717) is 11.0 Å². The molecule has 0 fully saturated rings. The fourth-order valence-electron chi connectivity index (χ4n) is 3.89. The molecule has 0 saturated heterocycles. The molecule has 9 nitrogen and oxygen atoms in total. The van der Waals surface area contributed by atoms with Crippen LogP contribution < -0.4 is 10.6 Å². The monoisotopic (exact) mass is 552 g/mol. The molecule has 0 aliphatic carbocycles. The van der Waals surface area contributed by atoms with Crippen molar-refractivity contribution in [2.45, 2.75) is 12.7 Å². The van der Waals surface area contributed by atoms with E-state index in [1.54, 1.807) is 24.3 Å². The van der Waals surface area contributed by atoms with Crippen LogP contribution >= 0.6 is 11.6 Å². The maximum atomic E-state index is 13.2. The predicted octanol–water partition coefficient (Wildman–Crippen LogP) is 5.81. The number of carboxylic acids is 1. The first kappa shape index (κ1) is 25.8. The Hall–Kier alpha value is -4.84. The van der Waals surface area contributed by atoms with Gasteiger partial charge in [-0.15, -0.1) is 0 Å². The molecular formula is C26H16ClF3N6O3. The lowest BCUT2D eigenvalue weighted by Crippen LogP contribution is -2.15. The zero-order chi connectivity index (χ0) is 27.7. The number of aromatic carboxylic acids is 1. The zero-order valence-corrected chi connectivity index (χ0v) is 20.4. The number of alkyl halides is 3. The van der Waals surface area contributed by atoms with Crippen LogP contribution in [0.5, 0.6) is 0 Å². The first-order chi connectivity index (χ1) is 18.6. The number of anilines is 2. The number of nitrogens with one attached hydrogen (secondary N) is 2. The van der Waals surface area contributed by atoms with E-state index in [-0.39, 0.29) is 45.8 Å². The standard InChI is InChI=1S/C26H16ClF3N6O3/c27-18-6-5-13(7-17(18)26(28,29)30)10-32-23-15-8-14(9-16(25(38)39)22(15)33-12-34-23)35-24(37)21-11-31-19-3-1-2-4-20(19)36-21/h1-9,11-12H,10H2,(H,35,37)(H,38,39)(H,32,33,34). The summed E-state index contributed by atoms with van der Waals surface area (Å²) in [6, 6.07) is 13.2. The van der Waals surface area contributed by atoms with Crippen molar-refractivity contribution in [3.05, 3.63) is 94.5 Å². The van der Waals surface area contributed by atoms with Gasteiger partial charge in [0.2, 0.25) is 0 Å². The number of carbonyl (C=O) groups is 2. The van der Waals surface area contributed by atoms with Gasteiger partial charge in [-0.2, -0.15) is 13.2 Å². The van der Waals surface area contributed by atoms with Crippen LogP contribution in [0.4, 0.5) is 24.7 Å². The molecule has 13 heteroatoms. The van der Waals surface area contributed by atoms with Crippen molar-refractivity contribution < 1.29 is 27.9 Å². The van der Waals surface area contributed by atoms with Crippen molar-refractivity contribution in [1.82, 2.24) is 19.9 Å². The number of hydrogen-bond acceptors (Lipinski definition) is 7. The van der Waals surface area contributed by atoms with Crippen molar-refractivity contribution in [1.29, 1.82) is 0 Å². The molecule has 0 atom stereocenters. The summed E-state index contributed by atoms with van der Waals surface area (Å²) in [7, 11) is 0. The summed E-state index contributed by atoms with van der Waals surface area (Å²) < 4.78 is 39.7. The van der Waals surface area contributed by atoms with Crippen molar-refractivity contribution in [3.8, 4) is 0 Å². The molecule has 0 aliphatic rings. The van der Waals surface area contributed by atoms with Crippen LogP contribution in [0.15, 0.2) is 67.1 Å². The van der Waals surface area contributed by atoms with Crippen LogP contribution in [0.1, 0.15) is 32.0 Å². The fraction of sp³-hybridized carbons (Fsp3) is 0.0769. The second-order valence-electron chi connectivity index (χ2n) is 8.31. The van der Waals surface area contributed by atoms with Gasteiger partial charge >= 0.3 is 12.1 Å². The third-order valence-electron chi connectivity index (χ3n) is 5.70. The lowest BCUT2D eigenvalue weighted by molar-refractivity contribution is -0.137. The largest absolute Gasteiger partial charge is 0.478 e. The molecule has 0 spiro atoms. The van der Waals surface area contributed by atoms with Gasteiger partial charge in [0.05, 0.1) is 38.9 Å². The Balaban J connectivity index is 1.47. The van der Waals surface area contributed by atoms with Gasteiger partial charge in [-0.1, -0.05) is 29.8 Å². The van der Waals surface area contributed by atoms with E-state index in [0.717, 1.165) is 18.5 Å². The van der Waals surface area contributed by atoms with E-state index < -0.39 is 28.6 Å². The molecule has 0 unspecified atom stereocenters. The van der Waals surface area contributed by atoms with E-state index in [1.807, 2.05) is 0 Å². The van der Waals surface area contributed by atoms with E-state index >= 15 is 0 Å². The van der Waals surface area contributed by atoms with Crippen molar-refractivity contribution in [2.75, 3.05) is 10.6 Å². The van der Waals surface area contributed by atoms with Gasteiger partial charge in [0.15, 0.2) is 0 Å². The number of benzene rings is 3. The number of hydrogen-bond donors (Lipinski definition) is 3. The number of carbonyl (C=O) groups excluding carboxylic acids is 1. The van der Waals surface area contributed by atoms with Crippen LogP contribution in [-0.2, 0) is 12.7 Å². The van der Waals surface area contributed by atoms with E-state index in [9.17, 15) is 27.9 Å². The smallest absolute Gasteiger partial charge is 0.417 e. The third-order valence-corrected chi connectivity index (χ3v) is 6.03. The van der Waals surface area contributed by atoms with Crippen LogP contribution in [0, 0.1) is 0 Å². The minimum absolute atomic E-state index is 0.0107. The molecule has 5 aromatic rings. The van der Waals surface area contributed by atoms with Crippen molar-refractivity contribution >= 4 is 56.9 Å². The molecule has 39 heavy (non-hydrogen) atoms. The van der Waals surface area contributed by atoms with E-state index in [1.165, 1.54) is 24.4 Å². The van der Waals surface area contributed by atoms with Gasteiger partial charge in [0.25, 0.3) is 5.91 Å². The van der Waals surface area contributed by atoms with E-state index in [2.05, 4.69) is 30.6 Å². The quantitative estimate of drug-likeness (QED) is 0.241. The van der Waals surface area contributed by atoms with Gasteiger partial charge in [-0.25, -0.2) is 19.7 Å². The third kappa shape index (κ3) is 5.41. The summed E-state index contributed by atoms with van der Waals surface area (Å²) in [6.07, 6.45) is -2.20. The first-order valence-electron chi connectivity index (χ1n) is 11.2. The van der Waals surface area contributed by atoms with Crippen LogP contribution in [0.25, 0.3) is 21.9 Å². The molecule has 0 radical (unpaired) electrons. The second-order valence-corrected chi connectivity index (χ2v) is 8.72. The summed E-state index contributed by atoms with van der Waals surface area (Å²) in [5.74, 6) is -1.79. The number of halogens is 4. The molecule has 0 saturated carbocycles. The molecule has 2 heterocycles. The normalized spacial score (nSPS) is 11.5. The maximum absolute atomic E-state index is 13.2. The summed E-state index contributed by atoms with van der Waals surface area (Å²) in [5, 5.41) is 15.1. The Morgan fingerprint density at radius 3 is 2.49 bits per heavy atom. The Kier molecular flexibility index (Phi) is 6.71. The summed E-state index contributed by atoms with van der Waals surface area (Å²) >= 11 is 5.70.